The zero-order chi connectivity index (χ0) is 13.2. The molecule has 2 aromatic rings. The van der Waals surface area contributed by atoms with E-state index in [-0.39, 0.29) is 11.9 Å². The van der Waals surface area contributed by atoms with E-state index in [4.69, 9.17) is 0 Å². The van der Waals surface area contributed by atoms with Crippen molar-refractivity contribution >= 4 is 11.4 Å². The highest BCUT2D eigenvalue weighted by molar-refractivity contribution is 6.00. The Kier molecular flexibility index (Phi) is 3.21. The van der Waals surface area contributed by atoms with Crippen LogP contribution in [0.3, 0.4) is 0 Å². The van der Waals surface area contributed by atoms with Gasteiger partial charge in [0.15, 0.2) is 0 Å². The first-order valence-corrected chi connectivity index (χ1v) is 6.68. The summed E-state index contributed by atoms with van der Waals surface area (Å²) in [6.07, 6.45) is 4.50. The molecule has 2 unspecified atom stereocenters. The lowest BCUT2D eigenvalue weighted by molar-refractivity contribution is 0.0927. The zero-order valence-corrected chi connectivity index (χ0v) is 11.0. The Hall–Kier alpha value is -1.88. The number of piperidine rings is 1. The first-order chi connectivity index (χ1) is 9.24. The lowest BCUT2D eigenvalue weighted by atomic mass is 9.97. The minimum Gasteiger partial charge on any atom is -0.348 e. The van der Waals surface area contributed by atoms with Gasteiger partial charge in [-0.3, -0.25) is 4.79 Å². The highest BCUT2D eigenvalue weighted by Crippen LogP contribution is 2.13. The van der Waals surface area contributed by atoms with Crippen molar-refractivity contribution in [2.75, 3.05) is 13.1 Å². The second-order valence-corrected chi connectivity index (χ2v) is 5.26. The molecule has 1 fully saturated rings. The Morgan fingerprint density at radius 1 is 1.47 bits per heavy atom. The van der Waals surface area contributed by atoms with Crippen LogP contribution in [0.1, 0.15) is 23.7 Å². The van der Waals surface area contributed by atoms with Crippen LogP contribution in [0.5, 0.6) is 0 Å². The lowest BCUT2D eigenvalue weighted by Gasteiger charge is -2.28. The summed E-state index contributed by atoms with van der Waals surface area (Å²) < 4.78 is 1.72. The number of carbonyl (C=O) groups excluding carboxylic acids is 1. The van der Waals surface area contributed by atoms with E-state index in [1.54, 1.807) is 10.7 Å². The topological polar surface area (TPSA) is 58.4 Å². The van der Waals surface area contributed by atoms with Crippen molar-refractivity contribution in [1.29, 1.82) is 0 Å². The fraction of sp³-hybridized carbons (Fsp3) is 0.429. The van der Waals surface area contributed by atoms with Crippen molar-refractivity contribution in [3.8, 4) is 0 Å². The van der Waals surface area contributed by atoms with Crippen molar-refractivity contribution in [2.24, 2.45) is 5.92 Å². The Balaban J connectivity index is 1.76. The third-order valence-corrected chi connectivity index (χ3v) is 3.58. The summed E-state index contributed by atoms with van der Waals surface area (Å²) in [5.74, 6) is 0.560. The van der Waals surface area contributed by atoms with E-state index in [2.05, 4.69) is 22.7 Å². The summed E-state index contributed by atoms with van der Waals surface area (Å²) >= 11 is 0. The minimum atomic E-state index is -0.0397. The predicted octanol–water partition coefficient (Wildman–Crippen LogP) is 1.06. The Labute approximate surface area is 112 Å². The summed E-state index contributed by atoms with van der Waals surface area (Å²) in [5, 5.41) is 10.6. The first kappa shape index (κ1) is 12.2. The SMILES string of the molecule is CC1CNCC(NC(=O)c2cnn3ccccc23)C1. The zero-order valence-electron chi connectivity index (χ0n) is 11.0. The molecule has 1 saturated heterocycles. The molecule has 0 aromatic carbocycles. The maximum Gasteiger partial charge on any atom is 0.255 e. The van der Waals surface area contributed by atoms with Gasteiger partial charge in [-0.15, -0.1) is 0 Å². The molecular weight excluding hydrogens is 240 g/mol. The normalized spacial score (nSPS) is 23.4. The molecule has 100 valence electrons. The highest BCUT2D eigenvalue weighted by Gasteiger charge is 2.21. The molecule has 2 N–H and O–H groups in total. The molecular formula is C14H18N4O. The van der Waals surface area contributed by atoms with Crippen LogP contribution in [0.4, 0.5) is 0 Å². The lowest BCUT2D eigenvalue weighted by Crippen LogP contribution is -2.48. The van der Waals surface area contributed by atoms with E-state index >= 15 is 0 Å². The van der Waals surface area contributed by atoms with Crippen LogP contribution < -0.4 is 10.6 Å². The average molecular weight is 258 g/mol. The molecule has 2 atom stereocenters. The maximum atomic E-state index is 12.3. The number of nitrogens with one attached hydrogen (secondary N) is 2. The monoisotopic (exact) mass is 258 g/mol. The second-order valence-electron chi connectivity index (χ2n) is 5.26. The van der Waals surface area contributed by atoms with E-state index in [0.29, 0.717) is 11.5 Å². The van der Waals surface area contributed by atoms with E-state index in [1.165, 1.54) is 0 Å². The maximum absolute atomic E-state index is 12.3. The summed E-state index contributed by atoms with van der Waals surface area (Å²) in [5.41, 5.74) is 1.48. The van der Waals surface area contributed by atoms with Gasteiger partial charge in [-0.1, -0.05) is 13.0 Å². The average Bonchev–Trinajstić information content (AvgIpc) is 2.82. The Morgan fingerprint density at radius 3 is 3.21 bits per heavy atom. The standard InChI is InChI=1S/C14H18N4O/c1-10-6-11(8-15-7-10)17-14(19)12-9-16-18-5-3-2-4-13(12)18/h2-5,9-11,15H,6-8H2,1H3,(H,17,19). The van der Waals surface area contributed by atoms with Gasteiger partial charge in [0.05, 0.1) is 17.3 Å². The molecule has 5 nitrogen and oxygen atoms in total. The molecule has 0 aliphatic carbocycles. The van der Waals surface area contributed by atoms with Gasteiger partial charge in [0, 0.05) is 18.8 Å². The molecule has 5 heteroatoms. The molecule has 1 aliphatic rings. The molecule has 0 radical (unpaired) electrons. The highest BCUT2D eigenvalue weighted by atomic mass is 16.1. The van der Waals surface area contributed by atoms with Gasteiger partial charge >= 0.3 is 0 Å². The van der Waals surface area contributed by atoms with Crippen LogP contribution >= 0.6 is 0 Å². The number of pyridine rings is 1. The summed E-state index contributed by atoms with van der Waals surface area (Å²) in [7, 11) is 0. The number of hydrogen-bond acceptors (Lipinski definition) is 3. The number of aromatic nitrogens is 2. The minimum absolute atomic E-state index is 0.0397. The van der Waals surface area contributed by atoms with E-state index < -0.39 is 0 Å². The third kappa shape index (κ3) is 2.46. The molecule has 0 saturated carbocycles. The second kappa shape index (κ2) is 5.01. The van der Waals surface area contributed by atoms with E-state index in [0.717, 1.165) is 25.0 Å². The van der Waals surface area contributed by atoms with Crippen LogP contribution in [0.15, 0.2) is 30.6 Å². The van der Waals surface area contributed by atoms with Gasteiger partial charge in [-0.2, -0.15) is 5.10 Å². The van der Waals surface area contributed by atoms with Crippen LogP contribution in [0.2, 0.25) is 0 Å². The van der Waals surface area contributed by atoms with Crippen molar-refractivity contribution in [1.82, 2.24) is 20.2 Å². The van der Waals surface area contributed by atoms with Gasteiger partial charge in [-0.05, 0) is 31.0 Å². The molecule has 0 spiro atoms. The van der Waals surface area contributed by atoms with Crippen LogP contribution in [-0.4, -0.2) is 34.7 Å². The predicted molar refractivity (Wildman–Crippen MR) is 73.1 cm³/mol. The van der Waals surface area contributed by atoms with E-state index in [9.17, 15) is 4.79 Å². The summed E-state index contributed by atoms with van der Waals surface area (Å²) in [6, 6.07) is 5.92. The van der Waals surface area contributed by atoms with E-state index in [1.807, 2.05) is 24.4 Å². The Bertz CT molecular complexity index is 592. The van der Waals surface area contributed by atoms with Crippen molar-refractivity contribution in [3.05, 3.63) is 36.2 Å². The van der Waals surface area contributed by atoms with Crippen LogP contribution in [0, 0.1) is 5.92 Å². The van der Waals surface area contributed by atoms with Gasteiger partial charge in [0.2, 0.25) is 0 Å². The Morgan fingerprint density at radius 2 is 2.37 bits per heavy atom. The van der Waals surface area contributed by atoms with Crippen LogP contribution in [-0.2, 0) is 0 Å². The smallest absolute Gasteiger partial charge is 0.255 e. The van der Waals surface area contributed by atoms with Crippen molar-refractivity contribution < 1.29 is 4.79 Å². The largest absolute Gasteiger partial charge is 0.348 e. The fourth-order valence-electron chi connectivity index (χ4n) is 2.64. The number of rotatable bonds is 2. The molecule has 3 heterocycles. The molecule has 0 bridgehead atoms. The van der Waals surface area contributed by atoms with Gasteiger partial charge < -0.3 is 10.6 Å². The van der Waals surface area contributed by atoms with Gasteiger partial charge in [0.25, 0.3) is 5.91 Å². The van der Waals surface area contributed by atoms with Crippen molar-refractivity contribution in [2.45, 2.75) is 19.4 Å². The number of carbonyl (C=O) groups is 1. The number of hydrogen-bond donors (Lipinski definition) is 2. The number of nitrogens with zero attached hydrogens (tertiary/aromatic N) is 2. The quantitative estimate of drug-likeness (QED) is 0.847. The van der Waals surface area contributed by atoms with Gasteiger partial charge in [-0.25, -0.2) is 4.52 Å². The van der Waals surface area contributed by atoms with Crippen LogP contribution in [0.25, 0.3) is 5.52 Å². The van der Waals surface area contributed by atoms with Gasteiger partial charge in [0.1, 0.15) is 0 Å². The molecule has 1 aliphatic heterocycles. The first-order valence-electron chi connectivity index (χ1n) is 6.68. The van der Waals surface area contributed by atoms with Crippen molar-refractivity contribution in [3.63, 3.8) is 0 Å². The molecule has 2 aromatic heterocycles. The number of fused-ring (bicyclic) bond motifs is 1. The molecule has 3 rings (SSSR count). The third-order valence-electron chi connectivity index (χ3n) is 3.58. The fourth-order valence-corrected chi connectivity index (χ4v) is 2.64. The summed E-state index contributed by atoms with van der Waals surface area (Å²) in [6.45, 7) is 4.07. The number of amides is 1. The molecule has 19 heavy (non-hydrogen) atoms. The summed E-state index contributed by atoms with van der Waals surface area (Å²) in [4.78, 5) is 12.3. The molecule has 1 amide bonds.